The lowest BCUT2D eigenvalue weighted by atomic mass is 10.0. The van der Waals surface area contributed by atoms with E-state index in [4.69, 9.17) is 4.74 Å². The van der Waals surface area contributed by atoms with Crippen molar-refractivity contribution < 1.29 is 35.9 Å². The molecule has 10 heteroatoms. The van der Waals surface area contributed by atoms with E-state index < -0.39 is 35.0 Å². The molecule has 162 valence electrons. The Bertz CT molecular complexity index is 869. The van der Waals surface area contributed by atoms with Crippen LogP contribution in [0.5, 0.6) is 5.75 Å². The number of nitrogens with zero attached hydrogens (tertiary/aromatic N) is 2. The van der Waals surface area contributed by atoms with Gasteiger partial charge in [0.2, 0.25) is 0 Å². The molecule has 1 aliphatic heterocycles. The molecule has 4 nitrogen and oxygen atoms in total. The van der Waals surface area contributed by atoms with Crippen molar-refractivity contribution in [3.63, 3.8) is 0 Å². The van der Waals surface area contributed by atoms with Crippen LogP contribution in [0.1, 0.15) is 21.5 Å². The first-order chi connectivity index (χ1) is 14.0. The molecule has 0 aliphatic carbocycles. The van der Waals surface area contributed by atoms with E-state index in [9.17, 15) is 31.1 Å². The van der Waals surface area contributed by atoms with Crippen molar-refractivity contribution in [2.75, 3.05) is 38.2 Å². The van der Waals surface area contributed by atoms with E-state index in [1.165, 1.54) is 12.0 Å². The molecular formula is C20H18F6N2O2. The molecule has 0 spiro atoms. The van der Waals surface area contributed by atoms with Crippen LogP contribution >= 0.6 is 0 Å². The van der Waals surface area contributed by atoms with Gasteiger partial charge in [-0.3, -0.25) is 4.79 Å². The molecule has 1 heterocycles. The van der Waals surface area contributed by atoms with E-state index >= 15 is 0 Å². The third kappa shape index (κ3) is 4.80. The zero-order valence-corrected chi connectivity index (χ0v) is 15.8. The quantitative estimate of drug-likeness (QED) is 0.660. The Morgan fingerprint density at radius 1 is 0.833 bits per heavy atom. The van der Waals surface area contributed by atoms with E-state index in [2.05, 4.69) is 0 Å². The van der Waals surface area contributed by atoms with Gasteiger partial charge < -0.3 is 14.5 Å². The second-order valence-corrected chi connectivity index (χ2v) is 6.77. The second kappa shape index (κ2) is 8.08. The summed E-state index contributed by atoms with van der Waals surface area (Å²) in [6.45, 7) is 1.12. The average molecular weight is 432 g/mol. The van der Waals surface area contributed by atoms with Gasteiger partial charge in [-0.25, -0.2) is 0 Å². The predicted octanol–water partition coefficient (Wildman–Crippen LogP) is 4.70. The summed E-state index contributed by atoms with van der Waals surface area (Å²) in [5.41, 5.74) is -2.76. The minimum absolute atomic E-state index is 0.0123. The van der Waals surface area contributed by atoms with Gasteiger partial charge >= 0.3 is 12.4 Å². The highest BCUT2D eigenvalue weighted by Gasteiger charge is 2.38. The molecule has 0 radical (unpaired) electrons. The molecule has 1 aliphatic rings. The number of carbonyl (C=O) groups excluding carboxylic acids is 1. The summed E-state index contributed by atoms with van der Waals surface area (Å²) in [5.74, 6) is -0.182. The normalized spacial score (nSPS) is 15.3. The van der Waals surface area contributed by atoms with Crippen LogP contribution in [0.25, 0.3) is 0 Å². The Balaban J connectivity index is 1.77. The third-order valence-corrected chi connectivity index (χ3v) is 4.84. The summed E-state index contributed by atoms with van der Waals surface area (Å²) in [7, 11) is 1.54. The van der Waals surface area contributed by atoms with Crippen molar-refractivity contribution in [2.45, 2.75) is 12.4 Å². The molecular weight excluding hydrogens is 414 g/mol. The Kier molecular flexibility index (Phi) is 5.87. The molecule has 1 amide bonds. The molecule has 1 fully saturated rings. The smallest absolute Gasteiger partial charge is 0.416 e. The van der Waals surface area contributed by atoms with Gasteiger partial charge in [0, 0.05) is 37.4 Å². The fourth-order valence-corrected chi connectivity index (χ4v) is 3.22. The standard InChI is InChI=1S/C20H18F6N2O2/c1-30-17-4-2-16(3-5-17)27-6-8-28(9-7-27)18(29)13-10-14(19(21,22)23)12-15(11-13)20(24,25)26/h2-5,10-12H,6-9H2,1H3. The van der Waals surface area contributed by atoms with Crippen molar-refractivity contribution in [3.05, 3.63) is 59.2 Å². The summed E-state index contributed by atoms with van der Waals surface area (Å²) in [6, 6.07) is 8.15. The zero-order chi connectivity index (χ0) is 22.1. The fraction of sp³-hybridized carbons (Fsp3) is 0.350. The number of alkyl halides is 6. The molecule has 0 atom stereocenters. The van der Waals surface area contributed by atoms with Gasteiger partial charge in [-0.05, 0) is 42.5 Å². The lowest BCUT2D eigenvalue weighted by molar-refractivity contribution is -0.143. The monoisotopic (exact) mass is 432 g/mol. The van der Waals surface area contributed by atoms with Gasteiger partial charge in [0.1, 0.15) is 5.75 Å². The highest BCUT2D eigenvalue weighted by Crippen LogP contribution is 2.36. The Morgan fingerprint density at radius 2 is 1.33 bits per heavy atom. The number of rotatable bonds is 3. The number of ether oxygens (including phenoxy) is 1. The number of amides is 1. The minimum atomic E-state index is -5.00. The molecule has 0 unspecified atom stereocenters. The van der Waals surface area contributed by atoms with Gasteiger partial charge in [-0.2, -0.15) is 26.3 Å². The summed E-state index contributed by atoms with van der Waals surface area (Å²) >= 11 is 0. The third-order valence-electron chi connectivity index (χ3n) is 4.84. The van der Waals surface area contributed by atoms with Crippen molar-refractivity contribution in [1.82, 2.24) is 4.90 Å². The minimum Gasteiger partial charge on any atom is -0.497 e. The first kappa shape index (κ1) is 21.8. The maximum absolute atomic E-state index is 13.0. The molecule has 1 saturated heterocycles. The summed E-state index contributed by atoms with van der Waals surface area (Å²) in [4.78, 5) is 15.9. The molecule has 0 N–H and O–H groups in total. The number of anilines is 1. The van der Waals surface area contributed by atoms with E-state index in [1.54, 1.807) is 12.1 Å². The Morgan fingerprint density at radius 3 is 1.77 bits per heavy atom. The van der Waals surface area contributed by atoms with Gasteiger partial charge in [0.15, 0.2) is 0 Å². The van der Waals surface area contributed by atoms with E-state index in [-0.39, 0.29) is 19.2 Å². The largest absolute Gasteiger partial charge is 0.497 e. The van der Waals surface area contributed by atoms with E-state index in [0.717, 1.165) is 5.69 Å². The molecule has 0 aromatic heterocycles. The molecule has 3 rings (SSSR count). The van der Waals surface area contributed by atoms with Crippen LogP contribution < -0.4 is 9.64 Å². The Hall–Kier alpha value is -2.91. The summed E-state index contributed by atoms with van der Waals surface area (Å²) < 4.78 is 83.3. The van der Waals surface area contributed by atoms with Crippen LogP contribution in [0.15, 0.2) is 42.5 Å². The van der Waals surface area contributed by atoms with Crippen LogP contribution in [0, 0.1) is 0 Å². The Labute approximate surface area is 168 Å². The number of hydrogen-bond acceptors (Lipinski definition) is 3. The van der Waals surface area contributed by atoms with Crippen LogP contribution in [0.2, 0.25) is 0 Å². The van der Waals surface area contributed by atoms with Crippen LogP contribution in [-0.4, -0.2) is 44.1 Å². The van der Waals surface area contributed by atoms with Crippen LogP contribution in [0.4, 0.5) is 32.0 Å². The fourth-order valence-electron chi connectivity index (χ4n) is 3.22. The van der Waals surface area contributed by atoms with Crippen LogP contribution in [-0.2, 0) is 12.4 Å². The highest BCUT2D eigenvalue weighted by atomic mass is 19.4. The van der Waals surface area contributed by atoms with E-state index in [1.807, 2.05) is 17.0 Å². The number of hydrogen-bond donors (Lipinski definition) is 0. The molecule has 0 bridgehead atoms. The maximum Gasteiger partial charge on any atom is 0.416 e. The first-order valence-corrected chi connectivity index (χ1v) is 8.97. The molecule has 0 saturated carbocycles. The number of methoxy groups -OCH3 is 1. The van der Waals surface area contributed by atoms with Crippen molar-refractivity contribution in [2.24, 2.45) is 0 Å². The maximum atomic E-state index is 13.0. The summed E-state index contributed by atoms with van der Waals surface area (Å²) in [5, 5.41) is 0. The number of halogens is 6. The molecule has 2 aromatic rings. The number of carbonyl (C=O) groups is 1. The van der Waals surface area contributed by atoms with Crippen LogP contribution in [0.3, 0.4) is 0 Å². The van der Waals surface area contributed by atoms with Gasteiger partial charge in [0.25, 0.3) is 5.91 Å². The van der Waals surface area contributed by atoms with Crippen molar-refractivity contribution >= 4 is 11.6 Å². The van der Waals surface area contributed by atoms with Crippen molar-refractivity contribution in [1.29, 1.82) is 0 Å². The highest BCUT2D eigenvalue weighted by molar-refractivity contribution is 5.95. The number of piperazine rings is 1. The predicted molar refractivity (Wildman–Crippen MR) is 97.6 cm³/mol. The number of benzene rings is 2. The van der Waals surface area contributed by atoms with Crippen molar-refractivity contribution in [3.8, 4) is 5.75 Å². The summed E-state index contributed by atoms with van der Waals surface area (Å²) in [6.07, 6.45) is -9.99. The lowest BCUT2D eigenvalue weighted by Gasteiger charge is -2.36. The average Bonchev–Trinajstić information content (AvgIpc) is 2.72. The lowest BCUT2D eigenvalue weighted by Crippen LogP contribution is -2.48. The van der Waals surface area contributed by atoms with E-state index in [0.29, 0.717) is 31.0 Å². The molecule has 30 heavy (non-hydrogen) atoms. The van der Waals surface area contributed by atoms with Gasteiger partial charge in [-0.15, -0.1) is 0 Å². The SMILES string of the molecule is COc1ccc(N2CCN(C(=O)c3cc(C(F)(F)F)cc(C(F)(F)F)c3)CC2)cc1. The topological polar surface area (TPSA) is 32.8 Å². The zero-order valence-electron chi connectivity index (χ0n) is 15.8. The van der Waals surface area contributed by atoms with Gasteiger partial charge in [0.05, 0.1) is 18.2 Å². The van der Waals surface area contributed by atoms with Gasteiger partial charge in [-0.1, -0.05) is 0 Å². The first-order valence-electron chi connectivity index (χ1n) is 8.97. The molecule has 2 aromatic carbocycles. The second-order valence-electron chi connectivity index (χ2n) is 6.77.